The third kappa shape index (κ3) is 43.4. The zero-order valence-corrected chi connectivity index (χ0v) is 69.3. The summed E-state index contributed by atoms with van der Waals surface area (Å²) in [7, 11) is 1.64. The highest BCUT2D eigenvalue weighted by molar-refractivity contribution is 5.22. The van der Waals surface area contributed by atoms with Crippen LogP contribution in [0.25, 0.3) is 0 Å². The molecular formula is C94H141F3N8O2. The summed E-state index contributed by atoms with van der Waals surface area (Å²) < 4.78 is 46.8. The van der Waals surface area contributed by atoms with Crippen molar-refractivity contribution in [1.82, 2.24) is 39.9 Å². The highest BCUT2D eigenvalue weighted by Crippen LogP contribution is 2.39. The van der Waals surface area contributed by atoms with Crippen LogP contribution in [0, 0.1) is 53.3 Å². The van der Waals surface area contributed by atoms with Gasteiger partial charge in [-0.05, 0) is 248 Å². The van der Waals surface area contributed by atoms with Crippen LogP contribution in [-0.2, 0) is 57.5 Å². The number of hydrogen-bond donors (Lipinski definition) is 0. The van der Waals surface area contributed by atoms with Crippen LogP contribution in [0.15, 0.2) is 152 Å². The maximum absolute atomic E-state index is 12.1. The second-order valence-corrected chi connectivity index (χ2v) is 34.0. The Balaban J connectivity index is 0.000000317. The first-order valence-corrected chi connectivity index (χ1v) is 40.0. The van der Waals surface area contributed by atoms with Crippen LogP contribution < -0.4 is 9.47 Å². The van der Waals surface area contributed by atoms with Crippen LogP contribution in [0.3, 0.4) is 0 Å². The number of aromatic nitrogens is 8. The molecular weight excluding hydrogens is 1330 g/mol. The predicted octanol–water partition coefficient (Wildman–Crippen LogP) is 26.0. The van der Waals surface area contributed by atoms with E-state index >= 15 is 0 Å². The topological polar surface area (TPSA) is 122 Å². The van der Waals surface area contributed by atoms with E-state index in [1.165, 1.54) is 122 Å². The fraction of sp³-hybridized carbons (Fsp3) is 0.574. The molecule has 0 aliphatic heterocycles. The lowest BCUT2D eigenvalue weighted by atomic mass is 9.82. The smallest absolute Gasteiger partial charge is 0.417 e. The summed E-state index contributed by atoms with van der Waals surface area (Å²) in [6.45, 7) is 44.4. The number of pyridine rings is 8. The normalized spacial score (nSPS) is 13.4. The molecule has 3 aliphatic rings. The third-order valence-corrected chi connectivity index (χ3v) is 17.5. The lowest BCUT2D eigenvalue weighted by Crippen LogP contribution is -2.11. The Labute approximate surface area is 648 Å². The number of hydrogen-bond acceptors (Lipinski definition) is 10. The second-order valence-electron chi connectivity index (χ2n) is 34.0. The Hall–Kier alpha value is -7.41. The quantitative estimate of drug-likeness (QED) is 0.0648. The minimum Gasteiger partial charge on any atom is -0.481 e. The Kier molecular flexibility index (Phi) is 43.5. The molecule has 0 aromatic carbocycles. The molecule has 3 aliphatic carbocycles. The summed E-state index contributed by atoms with van der Waals surface area (Å²) in [5.41, 5.74) is 14.1. The summed E-state index contributed by atoms with van der Waals surface area (Å²) in [6.07, 6.45) is 21.4. The van der Waals surface area contributed by atoms with Crippen molar-refractivity contribution in [3.8, 4) is 11.8 Å². The summed E-state index contributed by atoms with van der Waals surface area (Å²) in [4.78, 5) is 35.4. The molecule has 10 nitrogen and oxygen atoms in total. The molecule has 3 saturated carbocycles. The highest BCUT2D eigenvalue weighted by atomic mass is 19.4. The van der Waals surface area contributed by atoms with Crippen molar-refractivity contribution < 1.29 is 22.6 Å². The summed E-state index contributed by atoms with van der Waals surface area (Å²) in [5, 5.41) is 0. The van der Waals surface area contributed by atoms with E-state index in [2.05, 4.69) is 213 Å². The van der Waals surface area contributed by atoms with Gasteiger partial charge in [0.25, 0.3) is 0 Å². The SMILES string of the molecule is C.CC(C)CCc1ccccn1.CC(C)Cc1ccc(C(F)(F)F)cn1.CC(C)Cc1cccc(C2CC2)n1.CC(C)Cc1cccc(C2CCC2)n1.CC(C)Cc1cccc(C2CCCC2)n1.CCOc1cccc(CC(C)(C)C)n1.COc1cccc(CC(C)(C)C)n1.Cc1cccc(CCC(C)C)n1. The van der Waals surface area contributed by atoms with Gasteiger partial charge in [0, 0.05) is 111 Å². The van der Waals surface area contributed by atoms with Crippen molar-refractivity contribution in [2.75, 3.05) is 13.7 Å². The van der Waals surface area contributed by atoms with Crippen LogP contribution in [0.4, 0.5) is 13.2 Å². The van der Waals surface area contributed by atoms with Gasteiger partial charge in [-0.15, -0.1) is 0 Å². The first-order valence-electron chi connectivity index (χ1n) is 40.0. The average molecular weight is 1470 g/mol. The monoisotopic (exact) mass is 1470 g/mol. The first kappa shape index (κ1) is 93.8. The second kappa shape index (κ2) is 49.6. The van der Waals surface area contributed by atoms with E-state index in [0.29, 0.717) is 48.3 Å². The molecule has 8 aromatic heterocycles. The lowest BCUT2D eigenvalue weighted by Gasteiger charge is -2.25. The zero-order chi connectivity index (χ0) is 78.2. The number of halogens is 3. The largest absolute Gasteiger partial charge is 0.481 e. The molecule has 0 saturated heterocycles. The minimum absolute atomic E-state index is 0. The molecule has 8 aromatic rings. The van der Waals surface area contributed by atoms with Gasteiger partial charge in [-0.3, -0.25) is 29.9 Å². The van der Waals surface area contributed by atoms with Crippen molar-refractivity contribution in [3.05, 3.63) is 226 Å². The molecule has 3 fully saturated rings. The number of aryl methyl sites for hydroxylation is 3. The van der Waals surface area contributed by atoms with Crippen molar-refractivity contribution in [2.24, 2.45) is 46.3 Å². The van der Waals surface area contributed by atoms with Gasteiger partial charge in [0.15, 0.2) is 0 Å². The molecule has 590 valence electrons. The summed E-state index contributed by atoms with van der Waals surface area (Å²) in [5.74, 6) is 7.79. The van der Waals surface area contributed by atoms with Crippen molar-refractivity contribution in [3.63, 3.8) is 0 Å². The van der Waals surface area contributed by atoms with Gasteiger partial charge in [-0.2, -0.15) is 13.2 Å². The molecule has 0 spiro atoms. The minimum atomic E-state index is -4.29. The number of alkyl halides is 3. The molecule has 0 bridgehead atoms. The molecule has 107 heavy (non-hydrogen) atoms. The van der Waals surface area contributed by atoms with E-state index < -0.39 is 11.7 Å². The fourth-order valence-electron chi connectivity index (χ4n) is 11.9. The number of rotatable bonds is 22. The Morgan fingerprint density at radius 2 is 0.785 bits per heavy atom. The average Bonchev–Trinajstić information content (AvgIpc) is 1.84. The van der Waals surface area contributed by atoms with Gasteiger partial charge < -0.3 is 9.47 Å². The maximum atomic E-state index is 12.1. The molecule has 11 rings (SSSR count). The summed E-state index contributed by atoms with van der Waals surface area (Å²) >= 11 is 0. The fourth-order valence-corrected chi connectivity index (χ4v) is 11.9. The molecule has 8 heterocycles. The Morgan fingerprint density at radius 3 is 1.15 bits per heavy atom. The number of ether oxygens (including phenoxy) is 2. The van der Waals surface area contributed by atoms with Crippen LogP contribution in [0.5, 0.6) is 11.8 Å². The van der Waals surface area contributed by atoms with E-state index in [0.717, 1.165) is 110 Å². The number of methoxy groups -OCH3 is 1. The third-order valence-electron chi connectivity index (χ3n) is 17.5. The van der Waals surface area contributed by atoms with Crippen LogP contribution in [0.1, 0.15) is 301 Å². The Morgan fingerprint density at radius 1 is 0.393 bits per heavy atom. The lowest BCUT2D eigenvalue weighted by molar-refractivity contribution is -0.137. The summed E-state index contributed by atoms with van der Waals surface area (Å²) in [6, 6.07) is 46.2. The van der Waals surface area contributed by atoms with E-state index in [9.17, 15) is 13.2 Å². The van der Waals surface area contributed by atoms with E-state index in [-0.39, 0.29) is 18.3 Å². The van der Waals surface area contributed by atoms with Gasteiger partial charge >= 0.3 is 6.18 Å². The zero-order valence-electron chi connectivity index (χ0n) is 69.3. The molecule has 0 radical (unpaired) electrons. The highest BCUT2D eigenvalue weighted by Gasteiger charge is 2.31. The molecule has 0 unspecified atom stereocenters. The van der Waals surface area contributed by atoms with Crippen LogP contribution in [-0.4, -0.2) is 53.6 Å². The van der Waals surface area contributed by atoms with Crippen LogP contribution in [0.2, 0.25) is 0 Å². The molecule has 0 amide bonds. The number of nitrogens with zero attached hydrogens (tertiary/aromatic N) is 8. The van der Waals surface area contributed by atoms with Crippen molar-refractivity contribution in [2.45, 2.75) is 292 Å². The van der Waals surface area contributed by atoms with Gasteiger partial charge in [0.05, 0.1) is 19.3 Å². The predicted molar refractivity (Wildman–Crippen MR) is 445 cm³/mol. The molecule has 13 heteroatoms. The maximum Gasteiger partial charge on any atom is 0.417 e. The van der Waals surface area contributed by atoms with Crippen LogP contribution >= 0.6 is 0 Å². The van der Waals surface area contributed by atoms with Gasteiger partial charge in [-0.25, -0.2) is 9.97 Å². The standard InChI is InChI=1S/C14H21N.C13H19N.C12H19NO.C12H17N.C11H17NO.C11H17N.C10H12F3N.C10H15N.CH4/c1-11(2)10-13-8-5-9-14(15-13)12-6-3-4-7-12;1-10(2)9-12-7-4-8-13(14-12)11-5-3-6-11;1-5-14-11-8-6-7-10(13-11)9-12(2,3)4;1-9(2)8-11-4-3-5-12(13-11)10-6-7-10;1-11(2,3)8-9-6-5-7-10(12-9)13-4;1-9(2)7-8-11-6-4-5-10(3)12-11;1-7(2)5-9-4-3-8(6-14-9)10(11,12)13;1-9(2)6-7-10-5-3-4-8-11-10;/h5,8-9,11-12H,3-4,6-7,10H2,1-2H3;4,7-8,10-11H,3,5-6,9H2,1-2H3;6-8H,5,9H2,1-4H3;3-5,9-10H,6-8H2,1-2H3;5-7H,8H2,1-4H3;4-6,9H,7-8H2,1-3H3;3-4,6-7H,5H2,1-2H3;3-5,8-9H,6-7H2,1-2H3;1H4. The van der Waals surface area contributed by atoms with Gasteiger partial charge in [0.1, 0.15) is 0 Å². The first-order chi connectivity index (χ1) is 50.1. The van der Waals surface area contributed by atoms with E-state index in [1.807, 2.05) is 88.5 Å². The Bertz CT molecular complexity index is 3620. The van der Waals surface area contributed by atoms with E-state index in [1.54, 1.807) is 7.11 Å². The molecule has 0 N–H and O–H groups in total. The van der Waals surface area contributed by atoms with Gasteiger partial charge in [0.2, 0.25) is 11.8 Å². The van der Waals surface area contributed by atoms with Crippen molar-refractivity contribution in [1.29, 1.82) is 0 Å². The van der Waals surface area contributed by atoms with Crippen molar-refractivity contribution >= 4 is 0 Å². The molecule has 0 atom stereocenters. The van der Waals surface area contributed by atoms with E-state index in [4.69, 9.17) is 19.4 Å². The van der Waals surface area contributed by atoms with Gasteiger partial charge in [-0.1, -0.05) is 194 Å².